The van der Waals surface area contributed by atoms with E-state index in [-0.39, 0.29) is 23.0 Å². The molecule has 0 bridgehead atoms. The zero-order valence-electron chi connectivity index (χ0n) is 31.8. The van der Waals surface area contributed by atoms with Gasteiger partial charge in [0.15, 0.2) is 19.7 Å². The maximum absolute atomic E-state index is 12.4. The second-order valence-electron chi connectivity index (χ2n) is 13.7. The molecule has 0 saturated carbocycles. The Labute approximate surface area is 334 Å². The average Bonchev–Trinajstić information content (AvgIpc) is 3.72. The Morgan fingerprint density at radius 1 is 0.414 bits per heavy atom. The fraction of sp³-hybridized carbons (Fsp3) is 0.182. The molecule has 0 fully saturated rings. The number of ether oxygens (including phenoxy) is 4. The number of carbonyl (C=O) groups excluding carboxylic acids is 4. The van der Waals surface area contributed by atoms with Crippen molar-refractivity contribution < 1.29 is 55.0 Å². The summed E-state index contributed by atoms with van der Waals surface area (Å²) in [5.41, 5.74) is 6.30. The van der Waals surface area contributed by atoms with E-state index in [1.165, 1.54) is 28.4 Å². The van der Waals surface area contributed by atoms with Gasteiger partial charge in [0.2, 0.25) is 0 Å². The van der Waals surface area contributed by atoms with E-state index in [0.29, 0.717) is 88.3 Å². The van der Waals surface area contributed by atoms with E-state index in [2.05, 4.69) is 0 Å². The molecule has 14 heteroatoms. The Morgan fingerprint density at radius 2 is 0.741 bits per heavy atom. The number of hydrogen-bond acceptors (Lipinski definition) is 12. The summed E-state index contributed by atoms with van der Waals surface area (Å²) in [6.45, 7) is 0. The van der Waals surface area contributed by atoms with Gasteiger partial charge in [-0.15, -0.1) is 0 Å². The molecule has 6 aromatic carbocycles. The summed E-state index contributed by atoms with van der Waals surface area (Å²) < 4.78 is 69.3. The average molecular weight is 821 g/mol. The lowest BCUT2D eigenvalue weighted by Gasteiger charge is -2.16. The number of carbonyl (C=O) groups is 4. The number of methoxy groups -OCH3 is 4. The Morgan fingerprint density at radius 3 is 1.10 bits per heavy atom. The molecule has 0 unspecified atom stereocenters. The van der Waals surface area contributed by atoms with E-state index in [9.17, 15) is 36.0 Å². The number of rotatable bonds is 6. The number of benzene rings is 6. The van der Waals surface area contributed by atoms with Gasteiger partial charge >= 0.3 is 23.9 Å². The predicted octanol–water partition coefficient (Wildman–Crippen LogP) is 7.02. The van der Waals surface area contributed by atoms with E-state index in [4.69, 9.17) is 18.9 Å². The largest absolute Gasteiger partial charge is 0.465 e. The zero-order valence-corrected chi connectivity index (χ0v) is 33.4. The van der Waals surface area contributed by atoms with Crippen LogP contribution < -0.4 is 0 Å². The molecule has 2 aliphatic rings. The molecule has 2 aliphatic heterocycles. The molecule has 0 amide bonds. The monoisotopic (exact) mass is 820 g/mol. The molecule has 0 aliphatic carbocycles. The summed E-state index contributed by atoms with van der Waals surface area (Å²) in [4.78, 5) is 49.4. The molecule has 8 rings (SSSR count). The molecule has 0 spiro atoms. The summed E-state index contributed by atoms with van der Waals surface area (Å²) in [6.07, 6.45) is 0. The van der Waals surface area contributed by atoms with Crippen LogP contribution in [0.1, 0.15) is 63.7 Å². The first-order chi connectivity index (χ1) is 27.7. The molecule has 0 aromatic heterocycles. The SMILES string of the molecule is COC(=O)c1ccccc1-c1c2c(cc3c(C(=O)OC)cccc13)CS(=O)(=O)C2.COC(=O)c1ccccc1-c1c2c(cc3c(C(=O)OC)cccc13)CS(=O)(=O)C2. The fourth-order valence-electron chi connectivity index (χ4n) is 7.82. The molecule has 0 radical (unpaired) electrons. The Bertz CT molecular complexity index is 2750. The van der Waals surface area contributed by atoms with E-state index >= 15 is 0 Å². The van der Waals surface area contributed by atoms with Crippen LogP contribution in [0.3, 0.4) is 0 Å². The maximum atomic E-state index is 12.4. The van der Waals surface area contributed by atoms with Crippen molar-refractivity contribution in [2.24, 2.45) is 0 Å². The van der Waals surface area contributed by atoms with Crippen molar-refractivity contribution in [2.75, 3.05) is 28.4 Å². The van der Waals surface area contributed by atoms with Crippen molar-refractivity contribution in [3.05, 3.63) is 142 Å². The van der Waals surface area contributed by atoms with Crippen LogP contribution in [0.4, 0.5) is 0 Å². The standard InChI is InChI=1S/2C22H18O6S/c2*1-27-21(23)16-7-4-3-6-14(16)20-15-8-5-9-17(22(24)28-2)18(15)10-13-11-29(25,26)12-19(13)20/h2*3-10H,11-12H2,1-2H3. The first kappa shape index (κ1) is 39.8. The summed E-state index contributed by atoms with van der Waals surface area (Å²) in [5, 5.41) is 2.54. The van der Waals surface area contributed by atoms with Gasteiger partial charge in [0, 0.05) is 0 Å². The highest BCUT2D eigenvalue weighted by molar-refractivity contribution is 7.90. The summed E-state index contributed by atoms with van der Waals surface area (Å²) in [7, 11) is -1.45. The molecule has 2 heterocycles. The third kappa shape index (κ3) is 7.20. The maximum Gasteiger partial charge on any atom is 0.338 e. The lowest BCUT2D eigenvalue weighted by atomic mass is 9.87. The molecule has 0 saturated heterocycles. The van der Waals surface area contributed by atoms with Crippen molar-refractivity contribution >= 4 is 65.1 Å². The van der Waals surface area contributed by atoms with Gasteiger partial charge in [-0.05, 0) is 102 Å². The number of sulfone groups is 2. The van der Waals surface area contributed by atoms with Crippen LogP contribution in [0.25, 0.3) is 43.8 Å². The number of hydrogen-bond donors (Lipinski definition) is 0. The first-order valence-corrected chi connectivity index (χ1v) is 21.4. The van der Waals surface area contributed by atoms with Crippen molar-refractivity contribution in [3.63, 3.8) is 0 Å². The molecule has 0 N–H and O–H groups in total. The zero-order chi connectivity index (χ0) is 41.5. The molecule has 6 aromatic rings. The normalized spacial score (nSPS) is 14.4. The van der Waals surface area contributed by atoms with Crippen molar-refractivity contribution in [2.45, 2.75) is 23.0 Å². The highest BCUT2D eigenvalue weighted by atomic mass is 32.2. The van der Waals surface area contributed by atoms with Gasteiger partial charge in [-0.1, -0.05) is 60.7 Å². The van der Waals surface area contributed by atoms with Gasteiger partial charge in [0.25, 0.3) is 0 Å². The van der Waals surface area contributed by atoms with Crippen LogP contribution in [0.2, 0.25) is 0 Å². The van der Waals surface area contributed by atoms with Gasteiger partial charge in [0.1, 0.15) is 0 Å². The van der Waals surface area contributed by atoms with E-state index in [0.717, 1.165) is 0 Å². The minimum atomic E-state index is -3.32. The van der Waals surface area contributed by atoms with Crippen LogP contribution in [0, 0.1) is 0 Å². The number of esters is 4. The molecular weight excluding hydrogens is 785 g/mol. The van der Waals surface area contributed by atoms with Crippen LogP contribution in [0.5, 0.6) is 0 Å². The van der Waals surface area contributed by atoms with Gasteiger partial charge < -0.3 is 18.9 Å². The lowest BCUT2D eigenvalue weighted by Crippen LogP contribution is -2.06. The van der Waals surface area contributed by atoms with Crippen LogP contribution in [0.15, 0.2) is 97.1 Å². The third-order valence-corrected chi connectivity index (χ3v) is 13.2. The third-order valence-electron chi connectivity index (χ3n) is 10.3. The second-order valence-corrected chi connectivity index (χ2v) is 17.8. The molecule has 296 valence electrons. The van der Waals surface area contributed by atoms with Crippen molar-refractivity contribution in [1.82, 2.24) is 0 Å². The topological polar surface area (TPSA) is 173 Å². The second kappa shape index (κ2) is 15.5. The lowest BCUT2D eigenvalue weighted by molar-refractivity contribution is 0.0592. The van der Waals surface area contributed by atoms with Crippen molar-refractivity contribution in [3.8, 4) is 22.3 Å². The van der Waals surface area contributed by atoms with E-state index < -0.39 is 43.6 Å². The van der Waals surface area contributed by atoms with Gasteiger partial charge in [-0.2, -0.15) is 0 Å². The predicted molar refractivity (Wildman–Crippen MR) is 217 cm³/mol. The van der Waals surface area contributed by atoms with E-state index in [1.54, 1.807) is 84.9 Å². The Kier molecular flexibility index (Phi) is 10.7. The Balaban J connectivity index is 0.000000177. The quantitative estimate of drug-likeness (QED) is 0.124. The summed E-state index contributed by atoms with van der Waals surface area (Å²) in [6, 6.07) is 27.6. The molecular formula is C44H36O12S2. The smallest absolute Gasteiger partial charge is 0.338 e. The highest BCUT2D eigenvalue weighted by Crippen LogP contribution is 2.44. The minimum Gasteiger partial charge on any atom is -0.465 e. The minimum absolute atomic E-state index is 0.110. The van der Waals surface area contributed by atoms with Gasteiger partial charge in [0.05, 0.1) is 73.7 Å². The summed E-state index contributed by atoms with van der Waals surface area (Å²) >= 11 is 0. The van der Waals surface area contributed by atoms with Crippen molar-refractivity contribution in [1.29, 1.82) is 0 Å². The number of fused-ring (bicyclic) bond motifs is 4. The summed E-state index contributed by atoms with van der Waals surface area (Å²) in [5.74, 6) is -2.51. The highest BCUT2D eigenvalue weighted by Gasteiger charge is 2.33. The Hall–Kier alpha value is -6.38. The van der Waals surface area contributed by atoms with Gasteiger partial charge in [-0.25, -0.2) is 36.0 Å². The van der Waals surface area contributed by atoms with Gasteiger partial charge in [-0.3, -0.25) is 0 Å². The molecule has 0 atom stereocenters. The molecule has 58 heavy (non-hydrogen) atoms. The van der Waals surface area contributed by atoms with Crippen LogP contribution >= 0.6 is 0 Å². The first-order valence-electron chi connectivity index (χ1n) is 17.8. The fourth-order valence-corrected chi connectivity index (χ4v) is 11.0. The van der Waals surface area contributed by atoms with Crippen LogP contribution in [-0.4, -0.2) is 69.2 Å². The van der Waals surface area contributed by atoms with E-state index in [1.807, 2.05) is 12.1 Å². The molecule has 12 nitrogen and oxygen atoms in total. The van der Waals surface area contributed by atoms with Crippen LogP contribution in [-0.2, 0) is 61.6 Å².